The molecule has 1 aliphatic rings. The van der Waals surface area contributed by atoms with Crippen molar-refractivity contribution >= 4 is 12.0 Å². The number of carbonyl (C=O) groups excluding carboxylic acids is 1. The van der Waals surface area contributed by atoms with Crippen molar-refractivity contribution in [2.45, 2.75) is 25.7 Å². The highest BCUT2D eigenvalue weighted by atomic mass is 16.1. The lowest BCUT2D eigenvalue weighted by atomic mass is 10.1. The first-order chi connectivity index (χ1) is 7.84. The highest BCUT2D eigenvalue weighted by Crippen LogP contribution is 2.12. The van der Waals surface area contributed by atoms with Gasteiger partial charge in [0.2, 0.25) is 0 Å². The fourth-order valence-corrected chi connectivity index (χ4v) is 1.65. The lowest BCUT2D eigenvalue weighted by Crippen LogP contribution is -2.05. The molecule has 1 aromatic rings. The van der Waals surface area contributed by atoms with E-state index in [1.807, 2.05) is 30.5 Å². The van der Waals surface area contributed by atoms with E-state index < -0.39 is 0 Å². The van der Waals surface area contributed by atoms with Crippen molar-refractivity contribution in [3.63, 3.8) is 0 Å². The van der Waals surface area contributed by atoms with Crippen LogP contribution < -0.4 is 0 Å². The Morgan fingerprint density at radius 2 is 2.19 bits per heavy atom. The van der Waals surface area contributed by atoms with Crippen molar-refractivity contribution in [3.8, 4) is 0 Å². The number of aliphatic imine (C=N–C) groups is 1. The third kappa shape index (κ3) is 3.12. The van der Waals surface area contributed by atoms with Gasteiger partial charge in [-0.2, -0.15) is 0 Å². The summed E-state index contributed by atoms with van der Waals surface area (Å²) in [4.78, 5) is 20.1. The van der Waals surface area contributed by atoms with Gasteiger partial charge in [0.05, 0.1) is 0 Å². The van der Waals surface area contributed by atoms with Gasteiger partial charge in [0.25, 0.3) is 0 Å². The minimum absolute atomic E-state index is 0.170. The summed E-state index contributed by atoms with van der Waals surface area (Å²) in [6.45, 7) is 0. The molecule has 0 amide bonds. The van der Waals surface area contributed by atoms with E-state index in [0.717, 1.165) is 24.2 Å². The largest absolute Gasteiger partial charge is 0.299 e. The first-order valence-electron chi connectivity index (χ1n) is 5.48. The van der Waals surface area contributed by atoms with Crippen molar-refractivity contribution in [2.24, 2.45) is 4.99 Å². The first-order valence-corrected chi connectivity index (χ1v) is 5.48. The molecule has 0 unspecified atom stereocenters. The van der Waals surface area contributed by atoms with Crippen molar-refractivity contribution in [1.82, 2.24) is 4.98 Å². The van der Waals surface area contributed by atoms with E-state index in [0.29, 0.717) is 12.8 Å². The quantitative estimate of drug-likeness (QED) is 0.772. The smallest absolute Gasteiger partial charge is 0.144 e. The van der Waals surface area contributed by atoms with Crippen molar-refractivity contribution in [3.05, 3.63) is 41.9 Å². The Morgan fingerprint density at radius 1 is 1.25 bits per heavy atom. The van der Waals surface area contributed by atoms with Gasteiger partial charge < -0.3 is 0 Å². The Balaban J connectivity index is 1.89. The van der Waals surface area contributed by atoms with E-state index in [-0.39, 0.29) is 5.78 Å². The number of carbonyl (C=O) groups is 1. The van der Waals surface area contributed by atoms with Crippen molar-refractivity contribution in [1.29, 1.82) is 0 Å². The van der Waals surface area contributed by atoms with Gasteiger partial charge in [-0.1, -0.05) is 12.1 Å². The Labute approximate surface area is 94.9 Å². The molecule has 0 saturated heterocycles. The minimum atomic E-state index is 0.170. The van der Waals surface area contributed by atoms with Crippen LogP contribution in [0.4, 0.5) is 0 Å². The van der Waals surface area contributed by atoms with Gasteiger partial charge in [0.15, 0.2) is 0 Å². The second kappa shape index (κ2) is 5.35. The number of Topliss-reactive ketones (excluding diaryl/α,β-unsaturated/α-hetero) is 1. The molecule has 2 heterocycles. The number of pyridine rings is 1. The molecule has 0 spiro atoms. The molecule has 0 fully saturated rings. The fraction of sp³-hybridized carbons (Fsp3) is 0.308. The molecule has 0 N–H and O–H groups in total. The van der Waals surface area contributed by atoms with Gasteiger partial charge in [-0.25, -0.2) is 0 Å². The summed E-state index contributed by atoms with van der Waals surface area (Å²) >= 11 is 0. The van der Waals surface area contributed by atoms with Crippen molar-refractivity contribution in [2.75, 3.05) is 0 Å². The standard InChI is InChI=1S/C13H14N2O/c16-13(9-11-5-1-3-7-14-11)10-12-6-2-4-8-15-12/h1,3,5-8H,2,4,9-10H2. The first kappa shape index (κ1) is 10.7. The van der Waals surface area contributed by atoms with E-state index >= 15 is 0 Å². The summed E-state index contributed by atoms with van der Waals surface area (Å²) in [7, 11) is 0. The lowest BCUT2D eigenvalue weighted by molar-refractivity contribution is -0.117. The van der Waals surface area contributed by atoms with Crippen LogP contribution in [0.15, 0.2) is 41.2 Å². The monoisotopic (exact) mass is 214 g/mol. The number of ketones is 1. The molecule has 2 rings (SSSR count). The summed E-state index contributed by atoms with van der Waals surface area (Å²) in [6, 6.07) is 5.62. The van der Waals surface area contributed by atoms with E-state index in [4.69, 9.17) is 0 Å². The molecule has 82 valence electrons. The van der Waals surface area contributed by atoms with Crippen LogP contribution in [0, 0.1) is 0 Å². The van der Waals surface area contributed by atoms with Crippen LogP contribution in [0.5, 0.6) is 0 Å². The van der Waals surface area contributed by atoms with Crippen LogP contribution >= 0.6 is 0 Å². The molecule has 16 heavy (non-hydrogen) atoms. The zero-order valence-electron chi connectivity index (χ0n) is 9.10. The molecule has 0 aliphatic carbocycles. The summed E-state index contributed by atoms with van der Waals surface area (Å²) in [5.41, 5.74) is 1.72. The predicted octanol–water partition coefficient (Wildman–Crippen LogP) is 2.33. The average Bonchev–Trinajstić information content (AvgIpc) is 2.31. The molecule has 3 heteroatoms. The van der Waals surface area contributed by atoms with Gasteiger partial charge in [0.1, 0.15) is 5.78 Å². The highest BCUT2D eigenvalue weighted by molar-refractivity contribution is 5.83. The second-order valence-corrected chi connectivity index (χ2v) is 3.80. The van der Waals surface area contributed by atoms with Gasteiger partial charge in [-0.3, -0.25) is 14.8 Å². The third-order valence-electron chi connectivity index (χ3n) is 2.42. The normalized spacial score (nSPS) is 14.6. The highest BCUT2D eigenvalue weighted by Gasteiger charge is 2.08. The third-order valence-corrected chi connectivity index (χ3v) is 2.42. The number of aromatic nitrogens is 1. The fourth-order valence-electron chi connectivity index (χ4n) is 1.65. The van der Waals surface area contributed by atoms with E-state index in [1.54, 1.807) is 6.20 Å². The van der Waals surface area contributed by atoms with Crippen LogP contribution in [0.2, 0.25) is 0 Å². The van der Waals surface area contributed by atoms with Crippen LogP contribution in [0.3, 0.4) is 0 Å². The number of hydrogen-bond donors (Lipinski definition) is 0. The number of allylic oxidation sites excluding steroid dienone is 2. The van der Waals surface area contributed by atoms with Crippen LogP contribution in [-0.4, -0.2) is 17.0 Å². The maximum Gasteiger partial charge on any atom is 0.144 e. The molecule has 0 aromatic carbocycles. The molecule has 0 radical (unpaired) electrons. The van der Waals surface area contributed by atoms with Crippen LogP contribution in [-0.2, 0) is 11.2 Å². The number of rotatable bonds is 4. The van der Waals surface area contributed by atoms with Gasteiger partial charge in [0, 0.05) is 36.6 Å². The maximum absolute atomic E-state index is 11.7. The summed E-state index contributed by atoms with van der Waals surface area (Å²) in [6.07, 6.45) is 8.43. The summed E-state index contributed by atoms with van der Waals surface area (Å²) in [5.74, 6) is 0.170. The average molecular weight is 214 g/mol. The molecule has 1 aromatic heterocycles. The zero-order valence-corrected chi connectivity index (χ0v) is 9.10. The molecule has 0 saturated carbocycles. The van der Waals surface area contributed by atoms with Crippen molar-refractivity contribution < 1.29 is 4.79 Å². The van der Waals surface area contributed by atoms with E-state index in [2.05, 4.69) is 9.98 Å². The van der Waals surface area contributed by atoms with Crippen LogP contribution in [0.1, 0.15) is 25.0 Å². The topological polar surface area (TPSA) is 42.3 Å². The van der Waals surface area contributed by atoms with Gasteiger partial charge in [-0.15, -0.1) is 0 Å². The molecule has 3 nitrogen and oxygen atoms in total. The SMILES string of the molecule is O=C(CC1=CCCC=N1)Cc1ccccn1. The summed E-state index contributed by atoms with van der Waals surface area (Å²) in [5, 5.41) is 0. The molecular weight excluding hydrogens is 200 g/mol. The van der Waals surface area contributed by atoms with E-state index in [9.17, 15) is 4.79 Å². The lowest BCUT2D eigenvalue weighted by Gasteiger charge is -2.05. The molecular formula is C13H14N2O. The Bertz CT molecular complexity index is 421. The van der Waals surface area contributed by atoms with E-state index in [1.165, 1.54) is 0 Å². The maximum atomic E-state index is 11.7. The Hall–Kier alpha value is -1.77. The van der Waals surface area contributed by atoms with Gasteiger partial charge in [-0.05, 0) is 25.0 Å². The van der Waals surface area contributed by atoms with Gasteiger partial charge >= 0.3 is 0 Å². The second-order valence-electron chi connectivity index (χ2n) is 3.80. The molecule has 1 aliphatic heterocycles. The number of hydrogen-bond acceptors (Lipinski definition) is 3. The molecule has 0 atom stereocenters. The Kier molecular flexibility index (Phi) is 3.59. The number of nitrogens with zero attached hydrogens (tertiary/aromatic N) is 2. The predicted molar refractivity (Wildman–Crippen MR) is 63.4 cm³/mol. The molecule has 0 bridgehead atoms. The Morgan fingerprint density at radius 3 is 2.88 bits per heavy atom. The zero-order chi connectivity index (χ0) is 11.2. The minimum Gasteiger partial charge on any atom is -0.299 e. The summed E-state index contributed by atoms with van der Waals surface area (Å²) < 4.78 is 0. The van der Waals surface area contributed by atoms with Crippen LogP contribution in [0.25, 0.3) is 0 Å².